The molecule has 2 aromatic rings. The van der Waals surface area contributed by atoms with Crippen molar-refractivity contribution in [2.75, 3.05) is 6.61 Å². The molecule has 2 aromatic carbocycles. The molecule has 4 nitrogen and oxygen atoms in total. The molecule has 0 aromatic heterocycles. The largest absolute Gasteiger partial charge is 0.462 e. The van der Waals surface area contributed by atoms with Crippen molar-refractivity contribution in [1.82, 2.24) is 0 Å². The van der Waals surface area contributed by atoms with Crippen molar-refractivity contribution in [3.05, 3.63) is 96.6 Å². The number of aliphatic hydroxyl groups is 1. The molecule has 0 aliphatic carbocycles. The van der Waals surface area contributed by atoms with E-state index in [-0.39, 0.29) is 17.6 Å². The van der Waals surface area contributed by atoms with Gasteiger partial charge in [-0.3, -0.25) is 9.59 Å². The second-order valence-corrected chi connectivity index (χ2v) is 5.35. The molecule has 0 aliphatic heterocycles. The van der Waals surface area contributed by atoms with Crippen LogP contribution in [0.1, 0.15) is 35.4 Å². The summed E-state index contributed by atoms with van der Waals surface area (Å²) in [5, 5.41) is 9.42. The average molecular weight is 390 g/mol. The Bertz CT molecular complexity index is 725. The van der Waals surface area contributed by atoms with Crippen molar-refractivity contribution in [2.24, 2.45) is 0 Å². The number of hydrogen-bond acceptors (Lipinski definition) is 4. The fourth-order valence-electron chi connectivity index (χ4n) is 1.70. The Hall–Kier alpha value is -3.12. The van der Waals surface area contributed by atoms with Crippen LogP contribution in [0, 0.1) is 11.6 Å². The molecule has 0 amide bonds. The molecule has 0 saturated heterocycles. The predicted molar refractivity (Wildman–Crippen MR) is 105 cm³/mol. The second kappa shape index (κ2) is 15.0. The SMILES string of the molecule is C=CCOC(C)=O.C=CC[C@@H](O)c1ccc(F)cc1.O=Cc1ccc(F)cc1. The lowest BCUT2D eigenvalue weighted by molar-refractivity contribution is -0.139. The molecule has 0 spiro atoms. The summed E-state index contributed by atoms with van der Waals surface area (Å²) in [4.78, 5) is 19.9. The molecule has 1 N–H and O–H groups in total. The first-order valence-corrected chi connectivity index (χ1v) is 8.33. The van der Waals surface area contributed by atoms with E-state index >= 15 is 0 Å². The highest BCUT2D eigenvalue weighted by molar-refractivity contribution is 5.74. The van der Waals surface area contributed by atoms with Crippen molar-refractivity contribution in [2.45, 2.75) is 19.4 Å². The second-order valence-electron chi connectivity index (χ2n) is 5.35. The van der Waals surface area contributed by atoms with E-state index in [4.69, 9.17) is 0 Å². The van der Waals surface area contributed by atoms with Crippen molar-refractivity contribution in [3.63, 3.8) is 0 Å². The number of benzene rings is 2. The number of rotatable bonds is 6. The molecule has 0 radical (unpaired) electrons. The highest BCUT2D eigenvalue weighted by atomic mass is 19.1. The topological polar surface area (TPSA) is 63.6 Å². The Labute approximate surface area is 163 Å². The first-order valence-electron chi connectivity index (χ1n) is 8.33. The van der Waals surface area contributed by atoms with Gasteiger partial charge in [-0.15, -0.1) is 6.58 Å². The summed E-state index contributed by atoms with van der Waals surface area (Å²) in [7, 11) is 0. The Morgan fingerprint density at radius 2 is 1.54 bits per heavy atom. The van der Waals surface area contributed by atoms with E-state index in [9.17, 15) is 23.5 Å². The van der Waals surface area contributed by atoms with Gasteiger partial charge >= 0.3 is 5.97 Å². The molecular formula is C22H24F2O4. The monoisotopic (exact) mass is 390 g/mol. The Balaban J connectivity index is 0.000000408. The van der Waals surface area contributed by atoms with Gasteiger partial charge in [-0.05, 0) is 48.4 Å². The minimum Gasteiger partial charge on any atom is -0.462 e. The normalized spacial score (nSPS) is 10.1. The number of carbonyl (C=O) groups excluding carboxylic acids is 2. The number of aliphatic hydroxyl groups excluding tert-OH is 1. The van der Waals surface area contributed by atoms with Crippen LogP contribution >= 0.6 is 0 Å². The van der Waals surface area contributed by atoms with Crippen molar-refractivity contribution < 1.29 is 28.2 Å². The van der Waals surface area contributed by atoms with Gasteiger partial charge in [0.1, 0.15) is 24.5 Å². The third-order valence-electron chi connectivity index (χ3n) is 3.06. The van der Waals surface area contributed by atoms with Gasteiger partial charge in [0.25, 0.3) is 0 Å². The van der Waals surface area contributed by atoms with E-state index in [1.807, 2.05) is 0 Å². The maximum atomic E-state index is 12.4. The molecule has 0 saturated carbocycles. The van der Waals surface area contributed by atoms with Crippen LogP contribution < -0.4 is 0 Å². The summed E-state index contributed by atoms with van der Waals surface area (Å²) in [6.45, 7) is 8.54. The number of halogens is 2. The molecule has 1 atom stereocenters. The summed E-state index contributed by atoms with van der Waals surface area (Å²) in [5.41, 5.74) is 1.22. The van der Waals surface area contributed by atoms with Crippen molar-refractivity contribution >= 4 is 12.3 Å². The van der Waals surface area contributed by atoms with E-state index in [2.05, 4.69) is 17.9 Å². The van der Waals surface area contributed by atoms with Crippen LogP contribution in [0.25, 0.3) is 0 Å². The van der Waals surface area contributed by atoms with Gasteiger partial charge in [0, 0.05) is 12.5 Å². The predicted octanol–water partition coefficient (Wildman–Crippen LogP) is 4.81. The van der Waals surface area contributed by atoms with E-state index in [1.54, 1.807) is 18.2 Å². The molecule has 0 heterocycles. The van der Waals surface area contributed by atoms with Gasteiger partial charge in [-0.1, -0.05) is 30.9 Å². The Kier molecular flexibility index (Phi) is 13.3. The van der Waals surface area contributed by atoms with E-state index in [0.29, 0.717) is 24.9 Å². The number of esters is 1. The van der Waals surface area contributed by atoms with Crippen LogP contribution in [0.15, 0.2) is 73.8 Å². The quantitative estimate of drug-likeness (QED) is 0.437. The van der Waals surface area contributed by atoms with Crippen LogP contribution in [0.2, 0.25) is 0 Å². The number of hydrogen-bond donors (Lipinski definition) is 1. The van der Waals surface area contributed by atoms with Crippen LogP contribution in [-0.4, -0.2) is 24.0 Å². The number of ether oxygens (including phenoxy) is 1. The van der Waals surface area contributed by atoms with Crippen molar-refractivity contribution in [1.29, 1.82) is 0 Å². The van der Waals surface area contributed by atoms with Gasteiger partial charge in [-0.25, -0.2) is 8.78 Å². The van der Waals surface area contributed by atoms with Crippen LogP contribution in [0.4, 0.5) is 8.78 Å². The molecule has 0 unspecified atom stereocenters. The first-order chi connectivity index (χ1) is 13.3. The fraction of sp³-hybridized carbons (Fsp3) is 0.182. The van der Waals surface area contributed by atoms with Crippen LogP contribution in [-0.2, 0) is 9.53 Å². The lowest BCUT2D eigenvalue weighted by Crippen LogP contribution is -1.96. The fourth-order valence-corrected chi connectivity index (χ4v) is 1.70. The smallest absolute Gasteiger partial charge is 0.302 e. The zero-order chi connectivity index (χ0) is 21.4. The lowest BCUT2D eigenvalue weighted by Gasteiger charge is -2.06. The highest BCUT2D eigenvalue weighted by Crippen LogP contribution is 2.16. The minimum atomic E-state index is -0.567. The molecule has 150 valence electrons. The van der Waals surface area contributed by atoms with E-state index in [0.717, 1.165) is 5.56 Å². The van der Waals surface area contributed by atoms with Gasteiger partial charge in [0.05, 0.1) is 6.10 Å². The van der Waals surface area contributed by atoms with E-state index in [1.165, 1.54) is 49.4 Å². The summed E-state index contributed by atoms with van der Waals surface area (Å²) in [5.74, 6) is -0.870. The molecule has 6 heteroatoms. The Morgan fingerprint density at radius 1 is 1.04 bits per heavy atom. The standard InChI is InChI=1S/C10H11FO.C7H5FO.C5H8O2/c1-2-3-10(12)8-4-6-9(11)7-5-8;8-7-3-1-6(5-9)2-4-7;1-3-4-7-5(2)6/h2,4-7,10,12H,1,3H2;1-5H;3H,1,4H2,2H3/t10-;;/m1../s1. The summed E-state index contributed by atoms with van der Waals surface area (Å²) < 4.78 is 29.0. The lowest BCUT2D eigenvalue weighted by atomic mass is 10.1. The van der Waals surface area contributed by atoms with Crippen LogP contribution in [0.3, 0.4) is 0 Å². The summed E-state index contributed by atoms with van der Waals surface area (Å²) in [6, 6.07) is 11.2. The zero-order valence-corrected chi connectivity index (χ0v) is 15.7. The molecular weight excluding hydrogens is 366 g/mol. The molecule has 2 rings (SSSR count). The van der Waals surface area contributed by atoms with Gasteiger partial charge < -0.3 is 9.84 Å². The molecule has 0 bridgehead atoms. The van der Waals surface area contributed by atoms with E-state index < -0.39 is 6.10 Å². The van der Waals surface area contributed by atoms with Gasteiger partial charge in [0.15, 0.2) is 0 Å². The maximum Gasteiger partial charge on any atom is 0.302 e. The van der Waals surface area contributed by atoms with Gasteiger partial charge in [-0.2, -0.15) is 0 Å². The van der Waals surface area contributed by atoms with Crippen molar-refractivity contribution in [3.8, 4) is 0 Å². The third kappa shape index (κ3) is 12.3. The maximum absolute atomic E-state index is 12.4. The molecule has 28 heavy (non-hydrogen) atoms. The van der Waals surface area contributed by atoms with Crippen LogP contribution in [0.5, 0.6) is 0 Å². The average Bonchev–Trinajstić information content (AvgIpc) is 2.68. The molecule has 0 fully saturated rings. The Morgan fingerprint density at radius 3 is 1.89 bits per heavy atom. The molecule has 0 aliphatic rings. The minimum absolute atomic E-state index is 0.264. The first kappa shape index (κ1) is 24.9. The number of carbonyl (C=O) groups is 2. The summed E-state index contributed by atoms with van der Waals surface area (Å²) >= 11 is 0. The van der Waals surface area contributed by atoms with Gasteiger partial charge in [0.2, 0.25) is 0 Å². The highest BCUT2D eigenvalue weighted by Gasteiger charge is 2.03. The number of aldehydes is 1. The third-order valence-corrected chi connectivity index (χ3v) is 3.06. The summed E-state index contributed by atoms with van der Waals surface area (Å²) in [6.07, 6.45) is 3.77. The zero-order valence-electron chi connectivity index (χ0n) is 15.7.